The van der Waals surface area contributed by atoms with Crippen LogP contribution in [0.4, 0.5) is 4.39 Å². The molecule has 0 aliphatic carbocycles. The Labute approximate surface area is 149 Å². The number of aliphatic carboxylic acids is 1. The van der Waals surface area contributed by atoms with Gasteiger partial charge in [0.2, 0.25) is 5.95 Å². The second kappa shape index (κ2) is 6.05. The maximum absolute atomic E-state index is 14.8. The minimum atomic E-state index is -1.02. The van der Waals surface area contributed by atoms with Crippen molar-refractivity contribution in [3.8, 4) is 0 Å². The summed E-state index contributed by atoms with van der Waals surface area (Å²) in [5.74, 6) is -2.15. The lowest BCUT2D eigenvalue weighted by molar-refractivity contribution is -0.156. The predicted octanol–water partition coefficient (Wildman–Crippen LogP) is 1.45. The van der Waals surface area contributed by atoms with Crippen molar-refractivity contribution in [2.24, 2.45) is 5.41 Å². The molecule has 4 heterocycles. The van der Waals surface area contributed by atoms with Gasteiger partial charge in [-0.1, -0.05) is 6.07 Å². The van der Waals surface area contributed by atoms with Gasteiger partial charge in [-0.2, -0.15) is 4.39 Å². The van der Waals surface area contributed by atoms with Crippen molar-refractivity contribution >= 4 is 17.5 Å². The molecule has 2 atom stereocenters. The summed E-state index contributed by atoms with van der Waals surface area (Å²) in [7, 11) is 0. The molecule has 2 aliphatic rings. The number of hydrogen-bond acceptors (Lipinski definition) is 4. The molecule has 0 aromatic carbocycles. The molecular weight excluding hydrogens is 339 g/mol. The molecule has 2 aromatic heterocycles. The Morgan fingerprint density at radius 3 is 2.96 bits per heavy atom. The number of carbonyl (C=O) groups excluding carboxylic acids is 1. The number of carboxylic acids is 1. The highest BCUT2D eigenvalue weighted by atomic mass is 19.1. The number of carbonyl (C=O) groups is 2. The van der Waals surface area contributed by atoms with E-state index in [2.05, 4.69) is 10.3 Å². The van der Waals surface area contributed by atoms with Crippen molar-refractivity contribution in [3.63, 3.8) is 0 Å². The Kier molecular flexibility index (Phi) is 3.95. The molecule has 2 aromatic rings. The third kappa shape index (κ3) is 2.39. The summed E-state index contributed by atoms with van der Waals surface area (Å²) in [5, 5.41) is 13.1. The van der Waals surface area contributed by atoms with E-state index < -0.39 is 23.2 Å². The number of nitrogens with one attached hydrogen (secondary N) is 1. The molecule has 2 N–H and O–H groups in total. The topological polar surface area (TPSA) is 86.9 Å². The van der Waals surface area contributed by atoms with Crippen LogP contribution in [0.25, 0.3) is 5.65 Å². The van der Waals surface area contributed by atoms with E-state index >= 15 is 0 Å². The Bertz CT molecular complexity index is 896. The van der Waals surface area contributed by atoms with Gasteiger partial charge in [0.15, 0.2) is 5.69 Å². The molecule has 0 bridgehead atoms. The van der Waals surface area contributed by atoms with Crippen molar-refractivity contribution in [2.75, 3.05) is 19.6 Å². The maximum atomic E-state index is 14.8. The Morgan fingerprint density at radius 2 is 2.23 bits per heavy atom. The number of fused-ring (bicyclic) bond motifs is 2. The van der Waals surface area contributed by atoms with Crippen molar-refractivity contribution in [2.45, 2.75) is 32.2 Å². The van der Waals surface area contributed by atoms with Crippen LogP contribution < -0.4 is 5.32 Å². The number of piperidine rings is 2. The molecule has 7 nitrogen and oxygen atoms in total. The number of rotatable bonds is 2. The first-order chi connectivity index (χ1) is 12.4. The first-order valence-corrected chi connectivity index (χ1v) is 8.84. The van der Waals surface area contributed by atoms with E-state index in [-0.39, 0.29) is 18.3 Å². The van der Waals surface area contributed by atoms with Crippen LogP contribution >= 0.6 is 0 Å². The average molecular weight is 360 g/mol. The molecule has 0 radical (unpaired) electrons. The number of halogens is 1. The number of likely N-dealkylation sites (tertiary alicyclic amines) is 1. The summed E-state index contributed by atoms with van der Waals surface area (Å²) in [6, 6.07) is 4.98. The summed E-state index contributed by atoms with van der Waals surface area (Å²) in [5.41, 5.74) is -0.253. The maximum Gasteiger partial charge on any atom is 0.313 e. The fraction of sp³-hybridized carbons (Fsp3) is 0.500. The third-order valence-corrected chi connectivity index (χ3v) is 5.72. The van der Waals surface area contributed by atoms with Crippen molar-refractivity contribution in [1.82, 2.24) is 19.6 Å². The first kappa shape index (κ1) is 17.0. The van der Waals surface area contributed by atoms with Crippen molar-refractivity contribution < 1.29 is 19.1 Å². The van der Waals surface area contributed by atoms with Crippen LogP contribution in [0.3, 0.4) is 0 Å². The van der Waals surface area contributed by atoms with Crippen LogP contribution in [0.2, 0.25) is 0 Å². The summed E-state index contributed by atoms with van der Waals surface area (Å²) in [6.45, 7) is 2.99. The molecule has 4 rings (SSSR count). The molecule has 26 heavy (non-hydrogen) atoms. The summed E-state index contributed by atoms with van der Waals surface area (Å²) in [6.07, 6.45) is 1.79. The van der Waals surface area contributed by atoms with E-state index in [1.807, 2.05) is 0 Å². The van der Waals surface area contributed by atoms with Crippen LogP contribution in [0.1, 0.15) is 35.4 Å². The third-order valence-electron chi connectivity index (χ3n) is 5.72. The second-order valence-electron chi connectivity index (χ2n) is 7.20. The van der Waals surface area contributed by atoms with Crippen molar-refractivity contribution in [3.05, 3.63) is 35.5 Å². The standard InChI is InChI=1S/C18H21FN4O3/c1-11-4-2-5-13-21-14(15(19)23(11)13)16(24)22-9-6-12-18(10-22,17(25)26)7-3-8-20-12/h2,4-5,12,20H,3,6-10H2,1H3,(H,25,26)/t12-,18+/m0/s1. The number of nitrogens with zero attached hydrogens (tertiary/aromatic N) is 3. The molecule has 138 valence electrons. The number of carboxylic acid groups (broad SMARTS) is 1. The molecule has 2 fully saturated rings. The van der Waals surface area contributed by atoms with E-state index in [0.29, 0.717) is 30.7 Å². The van der Waals surface area contributed by atoms with Gasteiger partial charge in [0.05, 0.1) is 0 Å². The fourth-order valence-corrected chi connectivity index (χ4v) is 4.32. The van der Waals surface area contributed by atoms with Gasteiger partial charge in [0.25, 0.3) is 5.91 Å². The zero-order valence-electron chi connectivity index (χ0n) is 14.5. The van der Waals surface area contributed by atoms with E-state index in [1.54, 1.807) is 25.1 Å². The van der Waals surface area contributed by atoms with Crippen LogP contribution in [-0.2, 0) is 4.79 Å². The Balaban J connectivity index is 1.68. The molecule has 0 unspecified atom stereocenters. The van der Waals surface area contributed by atoms with Crippen LogP contribution in [-0.4, -0.2) is 56.9 Å². The Morgan fingerprint density at radius 1 is 1.42 bits per heavy atom. The average Bonchev–Trinajstić information content (AvgIpc) is 2.98. The van der Waals surface area contributed by atoms with Gasteiger partial charge >= 0.3 is 5.97 Å². The number of hydrogen-bond donors (Lipinski definition) is 2. The number of aromatic nitrogens is 2. The highest BCUT2D eigenvalue weighted by Crippen LogP contribution is 2.38. The molecule has 8 heteroatoms. The first-order valence-electron chi connectivity index (χ1n) is 8.84. The number of imidazole rings is 1. The highest BCUT2D eigenvalue weighted by molar-refractivity contribution is 5.94. The van der Waals surface area contributed by atoms with E-state index in [1.165, 1.54) is 9.30 Å². The minimum absolute atomic E-state index is 0.0745. The quantitative estimate of drug-likeness (QED) is 0.847. The largest absolute Gasteiger partial charge is 0.481 e. The summed E-state index contributed by atoms with van der Waals surface area (Å²) in [4.78, 5) is 30.5. The summed E-state index contributed by atoms with van der Waals surface area (Å²) < 4.78 is 16.1. The predicted molar refractivity (Wildman–Crippen MR) is 91.5 cm³/mol. The summed E-state index contributed by atoms with van der Waals surface area (Å²) >= 11 is 0. The SMILES string of the molecule is Cc1cccc2nc(C(=O)N3CC[C@@H]4NCCC[C@@]4(C(=O)O)C3)c(F)n12. The van der Waals surface area contributed by atoms with Gasteiger partial charge < -0.3 is 15.3 Å². The van der Waals surface area contributed by atoms with Crippen LogP contribution in [0, 0.1) is 18.3 Å². The fourth-order valence-electron chi connectivity index (χ4n) is 4.32. The lowest BCUT2D eigenvalue weighted by Crippen LogP contribution is -2.63. The Hall–Kier alpha value is -2.48. The lowest BCUT2D eigenvalue weighted by atomic mass is 9.70. The van der Waals surface area contributed by atoms with E-state index in [0.717, 1.165) is 13.0 Å². The molecule has 2 aliphatic heterocycles. The highest BCUT2D eigenvalue weighted by Gasteiger charge is 2.51. The van der Waals surface area contributed by atoms with Crippen LogP contribution in [0.5, 0.6) is 0 Å². The number of amides is 1. The van der Waals surface area contributed by atoms with Gasteiger partial charge in [-0.25, -0.2) is 4.98 Å². The zero-order chi connectivity index (χ0) is 18.5. The minimum Gasteiger partial charge on any atom is -0.481 e. The van der Waals surface area contributed by atoms with Gasteiger partial charge in [-0.15, -0.1) is 0 Å². The molecule has 1 amide bonds. The van der Waals surface area contributed by atoms with Gasteiger partial charge in [-0.05, 0) is 44.9 Å². The normalized spacial score (nSPS) is 25.9. The lowest BCUT2D eigenvalue weighted by Gasteiger charge is -2.48. The number of aryl methyl sites for hydroxylation is 1. The van der Waals surface area contributed by atoms with Crippen molar-refractivity contribution in [1.29, 1.82) is 0 Å². The molecular formula is C18H21FN4O3. The molecule has 0 saturated carbocycles. The van der Waals surface area contributed by atoms with Gasteiger partial charge in [-0.3, -0.25) is 14.0 Å². The monoisotopic (exact) mass is 360 g/mol. The van der Waals surface area contributed by atoms with Crippen LogP contribution in [0.15, 0.2) is 18.2 Å². The van der Waals surface area contributed by atoms with E-state index in [9.17, 15) is 19.1 Å². The van der Waals surface area contributed by atoms with Gasteiger partial charge in [0.1, 0.15) is 11.1 Å². The second-order valence-corrected chi connectivity index (χ2v) is 7.20. The van der Waals surface area contributed by atoms with E-state index in [4.69, 9.17) is 0 Å². The number of pyridine rings is 1. The molecule has 0 spiro atoms. The zero-order valence-corrected chi connectivity index (χ0v) is 14.5. The molecule has 2 saturated heterocycles. The van der Waals surface area contributed by atoms with Gasteiger partial charge in [0, 0.05) is 24.8 Å². The smallest absolute Gasteiger partial charge is 0.313 e.